The fraction of sp³-hybridized carbons (Fsp3) is 0.0667. The van der Waals surface area contributed by atoms with E-state index in [1.165, 1.54) is 18.3 Å². The largest absolute Gasteiger partial charge is 0.507 e. The molecule has 0 aromatic heterocycles. The minimum atomic E-state index is -0.478. The maximum Gasteiger partial charge on any atom is 0.275 e. The molecule has 2 aromatic rings. The van der Waals surface area contributed by atoms with Crippen LogP contribution in [0, 0.1) is 0 Å². The fourth-order valence-corrected chi connectivity index (χ4v) is 1.66. The van der Waals surface area contributed by atoms with Crippen LogP contribution in [-0.2, 0) is 0 Å². The first-order valence-corrected chi connectivity index (χ1v) is 5.97. The van der Waals surface area contributed by atoms with Gasteiger partial charge in [-0.3, -0.25) is 4.79 Å². The molecule has 5 heteroatoms. The third-order valence-electron chi connectivity index (χ3n) is 2.66. The van der Waals surface area contributed by atoms with Gasteiger partial charge in [-0.05, 0) is 24.3 Å². The van der Waals surface area contributed by atoms with Crippen molar-refractivity contribution >= 4 is 12.1 Å². The number of rotatable bonds is 4. The SMILES string of the molecule is COc1ccccc1C=NNC(=O)c1ccccc1O. The van der Waals surface area contributed by atoms with Gasteiger partial charge in [0.2, 0.25) is 0 Å². The Kier molecular flexibility index (Phi) is 4.34. The third kappa shape index (κ3) is 3.14. The van der Waals surface area contributed by atoms with Crippen LogP contribution in [-0.4, -0.2) is 24.3 Å². The molecule has 0 radical (unpaired) electrons. The Bertz CT molecular complexity index is 639. The highest BCUT2D eigenvalue weighted by atomic mass is 16.5. The van der Waals surface area contributed by atoms with Gasteiger partial charge in [0.15, 0.2) is 0 Å². The molecule has 0 aliphatic carbocycles. The first-order valence-electron chi connectivity index (χ1n) is 5.97. The molecule has 0 saturated heterocycles. The average molecular weight is 270 g/mol. The zero-order valence-corrected chi connectivity index (χ0v) is 10.9. The van der Waals surface area contributed by atoms with Gasteiger partial charge in [0.05, 0.1) is 18.9 Å². The van der Waals surface area contributed by atoms with E-state index in [0.29, 0.717) is 5.75 Å². The van der Waals surface area contributed by atoms with Crippen LogP contribution in [0.5, 0.6) is 11.5 Å². The Labute approximate surface area is 116 Å². The number of methoxy groups -OCH3 is 1. The Morgan fingerprint density at radius 3 is 2.65 bits per heavy atom. The van der Waals surface area contributed by atoms with E-state index in [4.69, 9.17) is 4.74 Å². The Hall–Kier alpha value is -2.82. The molecule has 20 heavy (non-hydrogen) atoms. The van der Waals surface area contributed by atoms with Crippen LogP contribution in [0.1, 0.15) is 15.9 Å². The molecule has 0 heterocycles. The van der Waals surface area contributed by atoms with Crippen molar-refractivity contribution in [3.8, 4) is 11.5 Å². The molecule has 0 saturated carbocycles. The maximum absolute atomic E-state index is 11.8. The van der Waals surface area contributed by atoms with E-state index in [1.807, 2.05) is 18.2 Å². The van der Waals surface area contributed by atoms with Crippen molar-refractivity contribution in [1.82, 2.24) is 5.43 Å². The first-order chi connectivity index (χ1) is 9.72. The van der Waals surface area contributed by atoms with Gasteiger partial charge >= 0.3 is 0 Å². The number of ether oxygens (including phenoxy) is 1. The number of hydrogen-bond acceptors (Lipinski definition) is 4. The van der Waals surface area contributed by atoms with E-state index in [2.05, 4.69) is 10.5 Å². The summed E-state index contributed by atoms with van der Waals surface area (Å²) >= 11 is 0. The number of benzene rings is 2. The molecule has 2 N–H and O–H groups in total. The number of amides is 1. The lowest BCUT2D eigenvalue weighted by Crippen LogP contribution is -2.17. The Morgan fingerprint density at radius 2 is 1.90 bits per heavy atom. The molecule has 0 aliphatic rings. The van der Waals surface area contributed by atoms with Gasteiger partial charge in [0.1, 0.15) is 11.5 Å². The number of carbonyl (C=O) groups excluding carboxylic acids is 1. The van der Waals surface area contributed by atoms with Gasteiger partial charge in [0.25, 0.3) is 5.91 Å². The molecule has 0 atom stereocenters. The van der Waals surface area contributed by atoms with Gasteiger partial charge in [-0.1, -0.05) is 24.3 Å². The van der Waals surface area contributed by atoms with Crippen molar-refractivity contribution in [2.75, 3.05) is 7.11 Å². The number of nitrogens with zero attached hydrogens (tertiary/aromatic N) is 1. The summed E-state index contributed by atoms with van der Waals surface area (Å²) in [5, 5.41) is 13.4. The normalized spacial score (nSPS) is 10.4. The highest BCUT2D eigenvalue weighted by molar-refractivity contribution is 5.97. The fourth-order valence-electron chi connectivity index (χ4n) is 1.66. The second-order valence-electron chi connectivity index (χ2n) is 3.96. The summed E-state index contributed by atoms with van der Waals surface area (Å²) < 4.78 is 5.16. The number of para-hydroxylation sites is 2. The lowest BCUT2D eigenvalue weighted by Gasteiger charge is -2.04. The summed E-state index contributed by atoms with van der Waals surface area (Å²) in [6.07, 6.45) is 1.48. The first kappa shape index (κ1) is 13.6. The topological polar surface area (TPSA) is 70.9 Å². The summed E-state index contributed by atoms with van der Waals surface area (Å²) in [7, 11) is 1.56. The number of hydrogen-bond donors (Lipinski definition) is 2. The zero-order valence-electron chi connectivity index (χ0n) is 10.9. The highest BCUT2D eigenvalue weighted by Gasteiger charge is 2.08. The lowest BCUT2D eigenvalue weighted by atomic mass is 10.2. The van der Waals surface area contributed by atoms with E-state index >= 15 is 0 Å². The maximum atomic E-state index is 11.8. The van der Waals surface area contributed by atoms with Crippen LogP contribution < -0.4 is 10.2 Å². The molecule has 0 fully saturated rings. The molecule has 0 bridgehead atoms. The smallest absolute Gasteiger partial charge is 0.275 e. The average Bonchev–Trinajstić information content (AvgIpc) is 2.48. The number of phenolic OH excluding ortho intramolecular Hbond substituents is 1. The summed E-state index contributed by atoms with van der Waals surface area (Å²) in [6, 6.07) is 13.6. The van der Waals surface area contributed by atoms with Gasteiger partial charge in [-0.25, -0.2) is 5.43 Å². The Morgan fingerprint density at radius 1 is 1.20 bits per heavy atom. The van der Waals surface area contributed by atoms with Gasteiger partial charge in [-0.15, -0.1) is 0 Å². The number of hydrazone groups is 1. The van der Waals surface area contributed by atoms with Crippen molar-refractivity contribution in [3.63, 3.8) is 0 Å². The van der Waals surface area contributed by atoms with Gasteiger partial charge in [0, 0.05) is 5.56 Å². The molecular formula is C15H14N2O3. The molecule has 0 spiro atoms. The number of nitrogens with one attached hydrogen (secondary N) is 1. The molecule has 0 unspecified atom stereocenters. The molecule has 5 nitrogen and oxygen atoms in total. The van der Waals surface area contributed by atoms with Gasteiger partial charge in [-0.2, -0.15) is 5.10 Å². The van der Waals surface area contributed by atoms with Crippen LogP contribution in [0.2, 0.25) is 0 Å². The van der Waals surface area contributed by atoms with Gasteiger partial charge < -0.3 is 9.84 Å². The number of aromatic hydroxyl groups is 1. The molecule has 2 rings (SSSR count). The van der Waals surface area contributed by atoms with Crippen molar-refractivity contribution in [2.24, 2.45) is 5.10 Å². The molecule has 1 amide bonds. The number of phenols is 1. The van der Waals surface area contributed by atoms with E-state index in [1.54, 1.807) is 25.3 Å². The highest BCUT2D eigenvalue weighted by Crippen LogP contribution is 2.16. The summed E-state index contributed by atoms with van der Waals surface area (Å²) in [6.45, 7) is 0. The van der Waals surface area contributed by atoms with Crippen molar-refractivity contribution in [2.45, 2.75) is 0 Å². The van der Waals surface area contributed by atoms with E-state index in [9.17, 15) is 9.90 Å². The van der Waals surface area contributed by atoms with Crippen LogP contribution in [0.3, 0.4) is 0 Å². The van der Waals surface area contributed by atoms with Crippen LogP contribution >= 0.6 is 0 Å². The minimum Gasteiger partial charge on any atom is -0.507 e. The molecule has 102 valence electrons. The van der Waals surface area contributed by atoms with Crippen molar-refractivity contribution in [1.29, 1.82) is 0 Å². The van der Waals surface area contributed by atoms with E-state index < -0.39 is 5.91 Å². The second kappa shape index (κ2) is 6.38. The lowest BCUT2D eigenvalue weighted by molar-refractivity contribution is 0.0952. The molecule has 2 aromatic carbocycles. The van der Waals surface area contributed by atoms with Crippen molar-refractivity contribution in [3.05, 3.63) is 59.7 Å². The summed E-state index contributed by atoms with van der Waals surface area (Å²) in [5.41, 5.74) is 3.27. The van der Waals surface area contributed by atoms with Crippen molar-refractivity contribution < 1.29 is 14.6 Å². The molecule has 0 aliphatic heterocycles. The predicted molar refractivity (Wildman–Crippen MR) is 76.2 cm³/mol. The second-order valence-corrected chi connectivity index (χ2v) is 3.96. The van der Waals surface area contributed by atoms with E-state index in [0.717, 1.165) is 5.56 Å². The van der Waals surface area contributed by atoms with Crippen LogP contribution in [0.15, 0.2) is 53.6 Å². The zero-order chi connectivity index (χ0) is 14.4. The summed E-state index contributed by atoms with van der Waals surface area (Å²) in [5.74, 6) is 0.0970. The third-order valence-corrected chi connectivity index (χ3v) is 2.66. The number of carbonyl (C=O) groups is 1. The standard InChI is InChI=1S/C15H14N2O3/c1-20-14-9-5-2-6-11(14)10-16-17-15(19)12-7-3-4-8-13(12)18/h2-10,18H,1H3,(H,17,19). The minimum absolute atomic E-state index is 0.0857. The summed E-state index contributed by atoms with van der Waals surface area (Å²) in [4.78, 5) is 11.8. The van der Waals surface area contributed by atoms with E-state index in [-0.39, 0.29) is 11.3 Å². The molecular weight excluding hydrogens is 256 g/mol. The monoisotopic (exact) mass is 270 g/mol. The quantitative estimate of drug-likeness (QED) is 0.660. The van der Waals surface area contributed by atoms with Crippen LogP contribution in [0.4, 0.5) is 0 Å². The predicted octanol–water partition coefficient (Wildman–Crippen LogP) is 2.16. The Balaban J connectivity index is 2.07. The van der Waals surface area contributed by atoms with Crippen LogP contribution in [0.25, 0.3) is 0 Å².